The maximum Gasteiger partial charge on any atom is 0.124 e. The molecule has 0 radical (unpaired) electrons. The lowest BCUT2D eigenvalue weighted by atomic mass is 10.1. The molecule has 0 bridgehead atoms. The quantitative estimate of drug-likeness (QED) is 0.904. The number of rotatable bonds is 4. The Morgan fingerprint density at radius 2 is 2.29 bits per heavy atom. The Kier molecular flexibility index (Phi) is 3.76. The van der Waals surface area contributed by atoms with Crippen LogP contribution in [0.3, 0.4) is 0 Å². The van der Waals surface area contributed by atoms with Crippen LogP contribution >= 0.6 is 11.3 Å². The van der Waals surface area contributed by atoms with E-state index < -0.39 is 0 Å². The predicted octanol–water partition coefficient (Wildman–Crippen LogP) is 3.05. The molecule has 0 saturated carbocycles. The second-order valence-electron chi connectivity index (χ2n) is 4.07. The van der Waals surface area contributed by atoms with E-state index in [0.29, 0.717) is 6.61 Å². The fourth-order valence-corrected chi connectivity index (χ4v) is 2.09. The van der Waals surface area contributed by atoms with E-state index in [-0.39, 0.29) is 6.04 Å². The van der Waals surface area contributed by atoms with Gasteiger partial charge in [-0.2, -0.15) is 0 Å². The average Bonchev–Trinajstić information content (AvgIpc) is 2.80. The lowest BCUT2D eigenvalue weighted by Crippen LogP contribution is -2.05. The van der Waals surface area contributed by atoms with Gasteiger partial charge < -0.3 is 10.5 Å². The number of hydrogen-bond acceptors (Lipinski definition) is 4. The van der Waals surface area contributed by atoms with Crippen LogP contribution in [0.25, 0.3) is 0 Å². The van der Waals surface area contributed by atoms with Crippen LogP contribution < -0.4 is 10.5 Å². The fraction of sp³-hybridized carbons (Fsp3) is 0.308. The Hall–Kier alpha value is -1.39. The largest absolute Gasteiger partial charge is 0.488 e. The topological polar surface area (TPSA) is 48.1 Å². The Bertz CT molecular complexity index is 480. The van der Waals surface area contributed by atoms with Gasteiger partial charge >= 0.3 is 0 Å². The van der Waals surface area contributed by atoms with Crippen molar-refractivity contribution in [2.45, 2.75) is 26.5 Å². The van der Waals surface area contributed by atoms with Gasteiger partial charge in [0.25, 0.3) is 0 Å². The summed E-state index contributed by atoms with van der Waals surface area (Å²) >= 11 is 1.60. The highest BCUT2D eigenvalue weighted by molar-refractivity contribution is 7.09. The molecule has 0 aliphatic heterocycles. The summed E-state index contributed by atoms with van der Waals surface area (Å²) in [5, 5.41) is 0. The lowest BCUT2D eigenvalue weighted by Gasteiger charge is -2.11. The van der Waals surface area contributed by atoms with Gasteiger partial charge in [0.1, 0.15) is 12.4 Å². The van der Waals surface area contributed by atoms with Gasteiger partial charge in [-0.25, -0.2) is 0 Å². The molecule has 0 fully saturated rings. The molecular weight excluding hydrogens is 232 g/mol. The van der Waals surface area contributed by atoms with Gasteiger partial charge in [-0.3, -0.25) is 4.98 Å². The maximum absolute atomic E-state index is 5.84. The molecule has 0 spiro atoms. The molecule has 3 nitrogen and oxygen atoms in total. The summed E-state index contributed by atoms with van der Waals surface area (Å²) in [6.07, 6.45) is 1.83. The van der Waals surface area contributed by atoms with E-state index >= 15 is 0 Å². The molecular formula is C13H16N2OS. The van der Waals surface area contributed by atoms with Crippen LogP contribution in [0, 0.1) is 6.92 Å². The highest BCUT2D eigenvalue weighted by Crippen LogP contribution is 2.23. The van der Waals surface area contributed by atoms with Crippen LogP contribution in [0.1, 0.15) is 29.0 Å². The highest BCUT2D eigenvalue weighted by atomic mass is 32.1. The fourth-order valence-electron chi connectivity index (χ4n) is 1.58. The van der Waals surface area contributed by atoms with Crippen LogP contribution in [0.4, 0.5) is 0 Å². The number of nitrogens with zero attached hydrogens (tertiary/aromatic N) is 1. The van der Waals surface area contributed by atoms with Crippen molar-refractivity contribution < 1.29 is 4.74 Å². The summed E-state index contributed by atoms with van der Waals surface area (Å²) in [6.45, 7) is 4.59. The third-order valence-corrected chi connectivity index (χ3v) is 3.33. The minimum absolute atomic E-state index is 0.0595. The van der Waals surface area contributed by atoms with Gasteiger partial charge in [0, 0.05) is 12.2 Å². The molecule has 0 saturated heterocycles. The first kappa shape index (κ1) is 12.1. The Balaban J connectivity index is 2.06. The molecule has 17 heavy (non-hydrogen) atoms. The minimum Gasteiger partial charge on any atom is -0.488 e. The molecule has 1 aromatic heterocycles. The van der Waals surface area contributed by atoms with E-state index in [1.54, 1.807) is 11.3 Å². The van der Waals surface area contributed by atoms with E-state index in [1.165, 1.54) is 0 Å². The van der Waals surface area contributed by atoms with E-state index in [1.807, 2.05) is 37.7 Å². The van der Waals surface area contributed by atoms with Gasteiger partial charge in [-0.05, 0) is 31.0 Å². The first-order valence-electron chi connectivity index (χ1n) is 5.53. The molecule has 1 aromatic carbocycles. The normalized spacial score (nSPS) is 12.4. The van der Waals surface area contributed by atoms with Gasteiger partial charge in [-0.1, -0.05) is 12.1 Å². The predicted molar refractivity (Wildman–Crippen MR) is 70.2 cm³/mol. The molecule has 2 rings (SSSR count). The summed E-state index contributed by atoms with van der Waals surface area (Å²) in [4.78, 5) is 5.14. The zero-order valence-corrected chi connectivity index (χ0v) is 10.8. The zero-order chi connectivity index (χ0) is 12.3. The van der Waals surface area contributed by atoms with E-state index in [4.69, 9.17) is 10.5 Å². The van der Waals surface area contributed by atoms with Crippen LogP contribution in [-0.2, 0) is 6.61 Å². The van der Waals surface area contributed by atoms with Crippen molar-refractivity contribution >= 4 is 11.3 Å². The molecule has 0 unspecified atom stereocenters. The smallest absolute Gasteiger partial charge is 0.124 e. The van der Waals surface area contributed by atoms with Crippen molar-refractivity contribution in [1.82, 2.24) is 4.98 Å². The molecule has 2 N–H and O–H groups in total. The summed E-state index contributed by atoms with van der Waals surface area (Å²) < 4.78 is 5.75. The molecule has 0 aliphatic carbocycles. The molecule has 0 amide bonds. The van der Waals surface area contributed by atoms with Crippen molar-refractivity contribution in [3.8, 4) is 5.75 Å². The van der Waals surface area contributed by atoms with Gasteiger partial charge in [0.2, 0.25) is 0 Å². The Morgan fingerprint density at radius 3 is 2.88 bits per heavy atom. The molecule has 1 heterocycles. The summed E-state index contributed by atoms with van der Waals surface area (Å²) in [5.74, 6) is 0.905. The van der Waals surface area contributed by atoms with Crippen LogP contribution in [0.15, 0.2) is 29.9 Å². The van der Waals surface area contributed by atoms with Crippen molar-refractivity contribution in [2.24, 2.45) is 5.73 Å². The standard InChI is InChI=1S/C13H16N2OS/c1-9-5-11(10(2)14)3-4-13(9)16-7-12-6-15-8-17-12/h3-6,8,10H,7,14H2,1-2H3/t10-/m1/s1. The monoisotopic (exact) mass is 248 g/mol. The number of ether oxygens (including phenoxy) is 1. The second kappa shape index (κ2) is 5.29. The SMILES string of the molecule is Cc1cc([C@@H](C)N)ccc1OCc1cncs1. The van der Waals surface area contributed by atoms with E-state index in [0.717, 1.165) is 21.8 Å². The number of aromatic nitrogens is 1. The summed E-state index contributed by atoms with van der Waals surface area (Å²) in [7, 11) is 0. The van der Waals surface area contributed by atoms with Gasteiger partial charge in [0.15, 0.2) is 0 Å². The number of nitrogens with two attached hydrogens (primary N) is 1. The summed E-state index contributed by atoms with van der Waals surface area (Å²) in [6, 6.07) is 6.13. The number of aryl methyl sites for hydroxylation is 1. The highest BCUT2D eigenvalue weighted by Gasteiger charge is 2.05. The van der Waals surface area contributed by atoms with Gasteiger partial charge in [-0.15, -0.1) is 11.3 Å². The molecule has 0 aliphatic rings. The molecule has 1 atom stereocenters. The van der Waals surface area contributed by atoms with Crippen molar-refractivity contribution in [2.75, 3.05) is 0 Å². The van der Waals surface area contributed by atoms with Crippen LogP contribution in [0.5, 0.6) is 5.75 Å². The first-order chi connectivity index (χ1) is 8.16. The summed E-state index contributed by atoms with van der Waals surface area (Å²) in [5.41, 5.74) is 9.89. The van der Waals surface area contributed by atoms with Crippen LogP contribution in [-0.4, -0.2) is 4.98 Å². The molecule has 90 valence electrons. The van der Waals surface area contributed by atoms with Crippen molar-refractivity contribution in [1.29, 1.82) is 0 Å². The van der Waals surface area contributed by atoms with Crippen molar-refractivity contribution in [3.05, 3.63) is 45.9 Å². The minimum atomic E-state index is 0.0595. The Labute approximate surface area is 105 Å². The van der Waals surface area contributed by atoms with Gasteiger partial charge in [0.05, 0.1) is 10.4 Å². The lowest BCUT2D eigenvalue weighted by molar-refractivity contribution is 0.307. The van der Waals surface area contributed by atoms with Crippen molar-refractivity contribution in [3.63, 3.8) is 0 Å². The molecule has 4 heteroatoms. The second-order valence-corrected chi connectivity index (χ2v) is 5.04. The third kappa shape index (κ3) is 3.05. The molecule has 2 aromatic rings. The first-order valence-corrected chi connectivity index (χ1v) is 6.41. The number of thiazole rings is 1. The van der Waals surface area contributed by atoms with E-state index in [2.05, 4.69) is 11.1 Å². The Morgan fingerprint density at radius 1 is 1.47 bits per heavy atom. The number of hydrogen-bond donors (Lipinski definition) is 1. The van der Waals surface area contributed by atoms with Crippen LogP contribution in [0.2, 0.25) is 0 Å². The number of benzene rings is 1. The third-order valence-electron chi connectivity index (χ3n) is 2.58. The average molecular weight is 248 g/mol. The van der Waals surface area contributed by atoms with E-state index in [9.17, 15) is 0 Å². The zero-order valence-electron chi connectivity index (χ0n) is 10.0. The maximum atomic E-state index is 5.84.